The van der Waals surface area contributed by atoms with E-state index in [4.69, 9.17) is 4.74 Å². The molecule has 3 nitrogen and oxygen atoms in total. The van der Waals surface area contributed by atoms with Crippen molar-refractivity contribution in [2.45, 2.75) is 97.7 Å². The number of aliphatic hydroxyl groups excluding tert-OH is 1. The Hall–Kier alpha value is -1.61. The average molecular weight is 453 g/mol. The van der Waals surface area contributed by atoms with Crippen molar-refractivity contribution in [3.63, 3.8) is 0 Å². The normalized spacial score (nSPS) is 40.5. The average Bonchev–Trinajstić information content (AvgIpc) is 3.25. The van der Waals surface area contributed by atoms with E-state index in [-0.39, 0.29) is 24.1 Å². The molecule has 4 aliphatic rings. The molecule has 0 spiro atoms. The van der Waals surface area contributed by atoms with Crippen LogP contribution in [-0.2, 0) is 9.53 Å². The Labute approximate surface area is 201 Å². The van der Waals surface area contributed by atoms with Gasteiger partial charge in [0.15, 0.2) is 0 Å². The molecule has 1 heterocycles. The Morgan fingerprint density at radius 1 is 1.09 bits per heavy atom. The molecule has 0 bridgehead atoms. The number of hydrogen-bond donors (Lipinski definition) is 1. The molecule has 3 aliphatic carbocycles. The van der Waals surface area contributed by atoms with Gasteiger partial charge in [0.05, 0.1) is 6.10 Å². The highest BCUT2D eigenvalue weighted by atomic mass is 16.6. The summed E-state index contributed by atoms with van der Waals surface area (Å²) in [6.45, 7) is 17.4. The number of hydrogen-bond acceptors (Lipinski definition) is 3. The number of allylic oxidation sites excluding steroid dienone is 3. The summed E-state index contributed by atoms with van der Waals surface area (Å²) in [6, 6.07) is 0. The zero-order valence-corrected chi connectivity index (χ0v) is 21.2. The molecule has 1 saturated heterocycles. The van der Waals surface area contributed by atoms with Gasteiger partial charge in [-0.05, 0) is 98.0 Å². The molecule has 0 radical (unpaired) electrons. The molecule has 0 aromatic carbocycles. The minimum Gasteiger partial charge on any atom is -0.458 e. The maximum absolute atomic E-state index is 12.2. The third kappa shape index (κ3) is 4.55. The van der Waals surface area contributed by atoms with Crippen LogP contribution in [0.3, 0.4) is 0 Å². The van der Waals surface area contributed by atoms with Gasteiger partial charge < -0.3 is 9.84 Å². The van der Waals surface area contributed by atoms with Crippen molar-refractivity contribution in [1.82, 2.24) is 0 Å². The Kier molecular flexibility index (Phi) is 7.10. The zero-order valence-electron chi connectivity index (χ0n) is 21.2. The van der Waals surface area contributed by atoms with Gasteiger partial charge in [-0.1, -0.05) is 58.6 Å². The van der Waals surface area contributed by atoms with Gasteiger partial charge in [0.2, 0.25) is 0 Å². The minimum absolute atomic E-state index is 0.0188. The number of ether oxygens (including phenoxy) is 1. The minimum atomic E-state index is -0.368. The molecule has 0 aromatic heterocycles. The van der Waals surface area contributed by atoms with Crippen molar-refractivity contribution in [3.05, 3.63) is 47.6 Å². The second-order valence-corrected chi connectivity index (χ2v) is 11.9. The third-order valence-corrected chi connectivity index (χ3v) is 9.61. The Morgan fingerprint density at radius 2 is 1.85 bits per heavy atom. The molecular formula is C30H44O3. The molecule has 4 fully saturated rings. The number of fused-ring (bicyclic) bond motifs is 1. The highest BCUT2D eigenvalue weighted by Crippen LogP contribution is 2.60. The highest BCUT2D eigenvalue weighted by Gasteiger charge is 2.52. The van der Waals surface area contributed by atoms with Gasteiger partial charge in [-0.25, -0.2) is 4.79 Å². The smallest absolute Gasteiger partial charge is 0.334 e. The lowest BCUT2D eigenvalue weighted by atomic mass is 9.60. The molecule has 1 N–H and O–H groups in total. The summed E-state index contributed by atoms with van der Waals surface area (Å²) in [5.41, 5.74) is 4.74. The Balaban J connectivity index is 1.49. The SMILES string of the molecule is C=C1C(=O)OC(C[C@@H](C)C2CC[C@H]3/C(=C/C=C4/CCC[C@H](O)C4=C)CCC[C@]23C)C1C(C)C. The van der Waals surface area contributed by atoms with E-state index in [2.05, 4.69) is 53.0 Å². The number of esters is 1. The van der Waals surface area contributed by atoms with Crippen LogP contribution in [-0.4, -0.2) is 23.3 Å². The molecular weight excluding hydrogens is 408 g/mol. The fourth-order valence-electron chi connectivity index (χ4n) is 7.85. The topological polar surface area (TPSA) is 46.5 Å². The van der Waals surface area contributed by atoms with Gasteiger partial charge in [-0.2, -0.15) is 0 Å². The second kappa shape index (κ2) is 9.56. The van der Waals surface area contributed by atoms with Crippen molar-refractivity contribution in [2.24, 2.45) is 35.0 Å². The van der Waals surface area contributed by atoms with Crippen molar-refractivity contribution >= 4 is 5.97 Å². The lowest BCUT2D eigenvalue weighted by molar-refractivity contribution is -0.140. The van der Waals surface area contributed by atoms with Crippen molar-refractivity contribution in [2.75, 3.05) is 0 Å². The van der Waals surface area contributed by atoms with E-state index >= 15 is 0 Å². The molecule has 0 amide bonds. The van der Waals surface area contributed by atoms with E-state index in [0.29, 0.717) is 34.7 Å². The quantitative estimate of drug-likeness (QED) is 0.363. The summed E-state index contributed by atoms with van der Waals surface area (Å²) < 4.78 is 5.81. The second-order valence-electron chi connectivity index (χ2n) is 11.9. The summed E-state index contributed by atoms with van der Waals surface area (Å²) in [4.78, 5) is 12.2. The van der Waals surface area contributed by atoms with Gasteiger partial charge in [0, 0.05) is 11.5 Å². The number of rotatable bonds is 5. The summed E-state index contributed by atoms with van der Waals surface area (Å²) in [6.07, 6.45) is 14.4. The van der Waals surface area contributed by atoms with Crippen molar-refractivity contribution in [3.8, 4) is 0 Å². The first kappa shape index (κ1) is 24.5. The first-order valence-corrected chi connectivity index (χ1v) is 13.3. The van der Waals surface area contributed by atoms with Crippen LogP contribution < -0.4 is 0 Å². The number of aliphatic hydroxyl groups is 1. The van der Waals surface area contributed by atoms with Gasteiger partial charge in [-0.3, -0.25) is 0 Å². The predicted octanol–water partition coefficient (Wildman–Crippen LogP) is 6.94. The summed E-state index contributed by atoms with van der Waals surface area (Å²) in [7, 11) is 0. The summed E-state index contributed by atoms with van der Waals surface area (Å²) in [5.74, 6) is 2.16. The van der Waals surface area contributed by atoms with Crippen LogP contribution in [0.15, 0.2) is 47.6 Å². The molecule has 3 heteroatoms. The first-order chi connectivity index (χ1) is 15.6. The van der Waals surface area contributed by atoms with Gasteiger partial charge >= 0.3 is 5.97 Å². The standard InChI is InChI=1S/C30H44O3/c1-18(2)28-21(5)29(32)33-27(28)17-19(3)24-14-15-25-23(10-8-16-30(24,25)6)13-12-22-9-7-11-26(31)20(22)4/h12-13,18-19,24-28,31H,4-5,7-11,14-17H2,1-3,6H3/b22-12-,23-13+/t19-,24?,25+,26+,27?,28?,30-/m1/s1. The van der Waals surface area contributed by atoms with Crippen molar-refractivity contribution < 1.29 is 14.6 Å². The van der Waals surface area contributed by atoms with Crippen LogP contribution in [0.2, 0.25) is 0 Å². The van der Waals surface area contributed by atoms with E-state index in [0.717, 1.165) is 31.3 Å². The lowest BCUT2D eigenvalue weighted by Crippen LogP contribution is -2.37. The largest absolute Gasteiger partial charge is 0.458 e. The zero-order chi connectivity index (χ0) is 23.9. The van der Waals surface area contributed by atoms with E-state index in [1.54, 1.807) is 5.57 Å². The summed E-state index contributed by atoms with van der Waals surface area (Å²) >= 11 is 0. The lowest BCUT2D eigenvalue weighted by Gasteiger charge is -2.45. The molecule has 7 atom stereocenters. The molecule has 3 saturated carbocycles. The number of cyclic esters (lactones) is 1. The fraction of sp³-hybridized carbons (Fsp3) is 0.700. The van der Waals surface area contributed by atoms with Crippen LogP contribution in [0.4, 0.5) is 0 Å². The fourth-order valence-corrected chi connectivity index (χ4v) is 7.85. The van der Waals surface area contributed by atoms with Crippen LogP contribution >= 0.6 is 0 Å². The molecule has 0 aromatic rings. The van der Waals surface area contributed by atoms with Gasteiger partial charge in [-0.15, -0.1) is 0 Å². The van der Waals surface area contributed by atoms with Gasteiger partial charge in [0.1, 0.15) is 6.10 Å². The molecule has 4 rings (SSSR count). The monoisotopic (exact) mass is 452 g/mol. The van der Waals surface area contributed by atoms with Crippen LogP contribution in [0.5, 0.6) is 0 Å². The summed E-state index contributed by atoms with van der Waals surface area (Å²) in [5, 5.41) is 10.2. The molecule has 33 heavy (non-hydrogen) atoms. The highest BCUT2D eigenvalue weighted by molar-refractivity contribution is 5.90. The maximum atomic E-state index is 12.2. The van der Waals surface area contributed by atoms with E-state index < -0.39 is 0 Å². The van der Waals surface area contributed by atoms with Gasteiger partial charge in [0.25, 0.3) is 0 Å². The number of carbonyl (C=O) groups is 1. The van der Waals surface area contributed by atoms with Crippen LogP contribution in [0.25, 0.3) is 0 Å². The maximum Gasteiger partial charge on any atom is 0.334 e. The van der Waals surface area contributed by atoms with Crippen LogP contribution in [0.1, 0.15) is 85.5 Å². The Bertz CT molecular complexity index is 862. The van der Waals surface area contributed by atoms with E-state index in [1.807, 2.05) is 0 Å². The van der Waals surface area contributed by atoms with E-state index in [1.165, 1.54) is 37.7 Å². The molecule has 182 valence electrons. The molecule has 1 aliphatic heterocycles. The van der Waals surface area contributed by atoms with Crippen LogP contribution in [0, 0.1) is 35.0 Å². The van der Waals surface area contributed by atoms with E-state index in [9.17, 15) is 9.90 Å². The Morgan fingerprint density at radius 3 is 2.58 bits per heavy atom. The molecule has 3 unspecified atom stereocenters. The van der Waals surface area contributed by atoms with Crippen molar-refractivity contribution in [1.29, 1.82) is 0 Å². The first-order valence-electron chi connectivity index (χ1n) is 13.3. The number of carbonyl (C=O) groups excluding carboxylic acids is 1. The predicted molar refractivity (Wildman–Crippen MR) is 134 cm³/mol. The third-order valence-electron chi connectivity index (χ3n) is 9.61.